The van der Waals surface area contributed by atoms with Gasteiger partial charge in [0.1, 0.15) is 0 Å². The SMILES string of the molecule is O=C(O)CCCNCc1ccccc1-n1cccn1. The Morgan fingerprint density at radius 2 is 2.16 bits per heavy atom. The zero-order chi connectivity index (χ0) is 13.5. The minimum atomic E-state index is -0.751. The molecular formula is C14H17N3O2. The quantitative estimate of drug-likeness (QED) is 0.744. The highest BCUT2D eigenvalue weighted by atomic mass is 16.4. The van der Waals surface area contributed by atoms with Crippen molar-refractivity contribution in [1.82, 2.24) is 15.1 Å². The third-order valence-electron chi connectivity index (χ3n) is 2.80. The second-order valence-corrected chi connectivity index (χ2v) is 4.25. The lowest BCUT2D eigenvalue weighted by atomic mass is 10.1. The molecule has 0 saturated heterocycles. The number of rotatable bonds is 7. The third kappa shape index (κ3) is 3.93. The van der Waals surface area contributed by atoms with Gasteiger partial charge in [-0.05, 0) is 30.7 Å². The van der Waals surface area contributed by atoms with E-state index in [1.165, 1.54) is 0 Å². The summed E-state index contributed by atoms with van der Waals surface area (Å²) < 4.78 is 1.83. The van der Waals surface area contributed by atoms with Crippen LogP contribution in [0.15, 0.2) is 42.7 Å². The summed E-state index contributed by atoms with van der Waals surface area (Å²) in [4.78, 5) is 10.4. The first-order valence-corrected chi connectivity index (χ1v) is 6.28. The minimum absolute atomic E-state index is 0.202. The fourth-order valence-corrected chi connectivity index (χ4v) is 1.88. The number of carboxylic acid groups (broad SMARTS) is 1. The highest BCUT2D eigenvalue weighted by Crippen LogP contribution is 2.12. The van der Waals surface area contributed by atoms with Crippen molar-refractivity contribution in [2.45, 2.75) is 19.4 Å². The first-order valence-electron chi connectivity index (χ1n) is 6.28. The van der Waals surface area contributed by atoms with E-state index in [0.29, 0.717) is 19.5 Å². The van der Waals surface area contributed by atoms with Crippen LogP contribution in [0, 0.1) is 0 Å². The molecule has 2 N–H and O–H groups in total. The van der Waals surface area contributed by atoms with Gasteiger partial charge in [-0.2, -0.15) is 5.10 Å². The van der Waals surface area contributed by atoms with Gasteiger partial charge in [-0.15, -0.1) is 0 Å². The van der Waals surface area contributed by atoms with Crippen LogP contribution in [0.1, 0.15) is 18.4 Å². The largest absolute Gasteiger partial charge is 0.481 e. The van der Waals surface area contributed by atoms with Crippen LogP contribution < -0.4 is 5.32 Å². The summed E-state index contributed by atoms with van der Waals surface area (Å²) in [6, 6.07) is 9.91. The van der Waals surface area contributed by atoms with E-state index in [-0.39, 0.29) is 6.42 Å². The Bertz CT molecular complexity index is 523. The Balaban J connectivity index is 1.92. The van der Waals surface area contributed by atoms with Crippen LogP contribution in [-0.4, -0.2) is 27.4 Å². The van der Waals surface area contributed by atoms with Gasteiger partial charge in [0.15, 0.2) is 0 Å². The van der Waals surface area contributed by atoms with E-state index >= 15 is 0 Å². The van der Waals surface area contributed by atoms with Crippen LogP contribution >= 0.6 is 0 Å². The molecule has 0 unspecified atom stereocenters. The summed E-state index contributed by atoms with van der Waals surface area (Å²) in [5.74, 6) is -0.751. The third-order valence-corrected chi connectivity index (χ3v) is 2.80. The van der Waals surface area contributed by atoms with Crippen molar-refractivity contribution < 1.29 is 9.90 Å². The number of hydrogen-bond acceptors (Lipinski definition) is 3. The van der Waals surface area contributed by atoms with Gasteiger partial charge in [0.25, 0.3) is 0 Å². The highest BCUT2D eigenvalue weighted by Gasteiger charge is 2.03. The van der Waals surface area contributed by atoms with Gasteiger partial charge in [0.05, 0.1) is 5.69 Å². The number of benzene rings is 1. The van der Waals surface area contributed by atoms with E-state index in [1.807, 2.05) is 41.2 Å². The van der Waals surface area contributed by atoms with Crippen LogP contribution in [0.2, 0.25) is 0 Å². The maximum atomic E-state index is 10.4. The Morgan fingerprint density at radius 1 is 1.32 bits per heavy atom. The molecule has 0 amide bonds. The molecule has 0 saturated carbocycles. The first-order chi connectivity index (χ1) is 9.27. The molecule has 100 valence electrons. The number of aliphatic carboxylic acids is 1. The molecule has 0 fully saturated rings. The molecule has 1 aromatic heterocycles. The van der Waals surface area contributed by atoms with E-state index in [1.54, 1.807) is 6.20 Å². The van der Waals surface area contributed by atoms with Crippen LogP contribution in [0.3, 0.4) is 0 Å². The maximum Gasteiger partial charge on any atom is 0.303 e. The average Bonchev–Trinajstić information content (AvgIpc) is 2.92. The topological polar surface area (TPSA) is 67.2 Å². The summed E-state index contributed by atoms with van der Waals surface area (Å²) in [5, 5.41) is 16.0. The van der Waals surface area contributed by atoms with Crippen molar-refractivity contribution in [2.75, 3.05) is 6.54 Å². The van der Waals surface area contributed by atoms with Crippen molar-refractivity contribution in [1.29, 1.82) is 0 Å². The van der Waals surface area contributed by atoms with Crippen LogP contribution in [-0.2, 0) is 11.3 Å². The summed E-state index contributed by atoms with van der Waals surface area (Å²) in [7, 11) is 0. The zero-order valence-electron chi connectivity index (χ0n) is 10.6. The Morgan fingerprint density at radius 3 is 2.89 bits per heavy atom. The molecule has 0 bridgehead atoms. The number of nitrogens with one attached hydrogen (secondary N) is 1. The van der Waals surface area contributed by atoms with E-state index in [4.69, 9.17) is 5.11 Å². The van der Waals surface area contributed by atoms with Gasteiger partial charge in [0, 0.05) is 25.4 Å². The fourth-order valence-electron chi connectivity index (χ4n) is 1.88. The molecule has 0 aliphatic rings. The molecule has 5 nitrogen and oxygen atoms in total. The molecule has 2 rings (SSSR count). The maximum absolute atomic E-state index is 10.4. The molecular weight excluding hydrogens is 242 g/mol. The molecule has 1 aromatic carbocycles. The molecule has 5 heteroatoms. The Hall–Kier alpha value is -2.14. The molecule has 1 heterocycles. The second kappa shape index (κ2) is 6.70. The lowest BCUT2D eigenvalue weighted by molar-refractivity contribution is -0.137. The predicted molar refractivity (Wildman–Crippen MR) is 72.1 cm³/mol. The number of nitrogens with zero attached hydrogens (tertiary/aromatic N) is 2. The zero-order valence-corrected chi connectivity index (χ0v) is 10.6. The van der Waals surface area contributed by atoms with Gasteiger partial charge in [-0.1, -0.05) is 18.2 Å². The summed E-state index contributed by atoms with van der Waals surface area (Å²) >= 11 is 0. The van der Waals surface area contributed by atoms with Crippen LogP contribution in [0.4, 0.5) is 0 Å². The van der Waals surface area contributed by atoms with Crippen LogP contribution in [0.5, 0.6) is 0 Å². The number of carbonyl (C=O) groups is 1. The average molecular weight is 259 g/mol. The van der Waals surface area contributed by atoms with Gasteiger partial charge < -0.3 is 10.4 Å². The molecule has 0 aliphatic carbocycles. The number of para-hydroxylation sites is 1. The second-order valence-electron chi connectivity index (χ2n) is 4.25. The van der Waals surface area contributed by atoms with Crippen molar-refractivity contribution in [2.24, 2.45) is 0 Å². The molecule has 0 radical (unpaired) electrons. The lowest BCUT2D eigenvalue weighted by Gasteiger charge is -2.10. The predicted octanol–water partition coefficient (Wildman–Crippen LogP) is 1.83. The Labute approximate surface area is 111 Å². The molecule has 2 aromatic rings. The Kier molecular flexibility index (Phi) is 4.69. The first kappa shape index (κ1) is 13.3. The van der Waals surface area contributed by atoms with Gasteiger partial charge >= 0.3 is 5.97 Å². The number of aromatic nitrogens is 2. The van der Waals surface area contributed by atoms with Crippen molar-refractivity contribution in [3.63, 3.8) is 0 Å². The lowest BCUT2D eigenvalue weighted by Crippen LogP contribution is -2.17. The fraction of sp³-hybridized carbons (Fsp3) is 0.286. The molecule has 0 aliphatic heterocycles. The van der Waals surface area contributed by atoms with Crippen molar-refractivity contribution in [3.05, 3.63) is 48.3 Å². The monoisotopic (exact) mass is 259 g/mol. The van der Waals surface area contributed by atoms with Gasteiger partial charge in [-0.25, -0.2) is 4.68 Å². The van der Waals surface area contributed by atoms with E-state index < -0.39 is 5.97 Å². The van der Waals surface area contributed by atoms with Crippen LogP contribution in [0.25, 0.3) is 5.69 Å². The van der Waals surface area contributed by atoms with Gasteiger partial charge in [-0.3, -0.25) is 4.79 Å². The standard InChI is InChI=1S/C14H17N3O2/c18-14(19)7-3-8-15-11-12-5-1-2-6-13(12)17-10-4-9-16-17/h1-2,4-6,9-10,15H,3,7-8,11H2,(H,18,19). The van der Waals surface area contributed by atoms with Gasteiger partial charge in [0.2, 0.25) is 0 Å². The van der Waals surface area contributed by atoms with Crippen molar-refractivity contribution in [3.8, 4) is 5.69 Å². The van der Waals surface area contributed by atoms with E-state index in [2.05, 4.69) is 10.4 Å². The normalized spacial score (nSPS) is 10.5. The summed E-state index contributed by atoms with van der Waals surface area (Å²) in [6.45, 7) is 1.40. The smallest absolute Gasteiger partial charge is 0.303 e. The summed E-state index contributed by atoms with van der Waals surface area (Å²) in [6.07, 6.45) is 4.49. The molecule has 0 atom stereocenters. The summed E-state index contributed by atoms with van der Waals surface area (Å²) in [5.41, 5.74) is 2.18. The minimum Gasteiger partial charge on any atom is -0.481 e. The van der Waals surface area contributed by atoms with E-state index in [0.717, 1.165) is 11.3 Å². The van der Waals surface area contributed by atoms with Crippen molar-refractivity contribution >= 4 is 5.97 Å². The highest BCUT2D eigenvalue weighted by molar-refractivity contribution is 5.66. The van der Waals surface area contributed by atoms with E-state index in [9.17, 15) is 4.79 Å². The number of carboxylic acids is 1. The number of hydrogen-bond donors (Lipinski definition) is 2. The molecule has 19 heavy (non-hydrogen) atoms. The molecule has 0 spiro atoms.